The highest BCUT2D eigenvalue weighted by molar-refractivity contribution is 5.73. The zero-order valence-corrected chi connectivity index (χ0v) is 12.4. The van der Waals surface area contributed by atoms with Crippen molar-refractivity contribution in [3.05, 3.63) is 0 Å². The first-order valence-corrected chi connectivity index (χ1v) is 8.02. The number of hydrogen-bond acceptors (Lipinski definition) is 3. The molecule has 108 valence electrons. The second-order valence-electron chi connectivity index (χ2n) is 6.99. The molecule has 3 heteroatoms. The lowest BCUT2D eigenvalue weighted by Gasteiger charge is -2.35. The van der Waals surface area contributed by atoms with E-state index in [-0.39, 0.29) is 17.4 Å². The Bertz CT molecular complexity index is 357. The summed E-state index contributed by atoms with van der Waals surface area (Å²) in [5.74, 6) is 1.77. The average Bonchev–Trinajstić information content (AvgIpc) is 3.11. The van der Waals surface area contributed by atoms with Gasteiger partial charge >= 0.3 is 5.97 Å². The molecule has 19 heavy (non-hydrogen) atoms. The van der Waals surface area contributed by atoms with Gasteiger partial charge < -0.3 is 4.74 Å². The standard InChI is InChI=1S/C16H27NO2/c1-3-16(7-4-8-17(16)2)11-19-15(18)14-10-12-5-6-13(14)9-12/h12-14H,3-11H2,1-2H3/t12-,13-,14+,16+/m0/s1. The maximum atomic E-state index is 12.3. The predicted molar refractivity (Wildman–Crippen MR) is 74.8 cm³/mol. The second kappa shape index (κ2) is 5.08. The molecule has 1 aliphatic heterocycles. The first kappa shape index (κ1) is 13.4. The molecule has 1 heterocycles. The third kappa shape index (κ3) is 2.31. The van der Waals surface area contributed by atoms with Gasteiger partial charge in [0.1, 0.15) is 6.61 Å². The van der Waals surface area contributed by atoms with Gasteiger partial charge in [-0.15, -0.1) is 0 Å². The molecule has 0 amide bonds. The third-order valence-corrected chi connectivity index (χ3v) is 6.13. The van der Waals surface area contributed by atoms with Crippen molar-refractivity contribution >= 4 is 5.97 Å². The number of carbonyl (C=O) groups excluding carboxylic acids is 1. The molecule has 2 saturated carbocycles. The number of hydrogen-bond donors (Lipinski definition) is 0. The fourth-order valence-electron chi connectivity index (χ4n) is 4.65. The molecule has 2 bridgehead atoms. The van der Waals surface area contributed by atoms with Crippen molar-refractivity contribution in [1.29, 1.82) is 0 Å². The first-order valence-electron chi connectivity index (χ1n) is 8.02. The molecule has 0 radical (unpaired) electrons. The fraction of sp³-hybridized carbons (Fsp3) is 0.938. The SMILES string of the molecule is CC[C@]1(COC(=O)[C@@H]2C[C@H]3CC[C@H]2C3)CCCN1C. The molecule has 1 saturated heterocycles. The van der Waals surface area contributed by atoms with E-state index >= 15 is 0 Å². The van der Waals surface area contributed by atoms with E-state index in [0.29, 0.717) is 12.5 Å². The van der Waals surface area contributed by atoms with Gasteiger partial charge in [-0.2, -0.15) is 0 Å². The van der Waals surface area contributed by atoms with Crippen LogP contribution >= 0.6 is 0 Å². The molecule has 3 fully saturated rings. The smallest absolute Gasteiger partial charge is 0.309 e. The van der Waals surface area contributed by atoms with Crippen molar-refractivity contribution in [1.82, 2.24) is 4.90 Å². The van der Waals surface area contributed by atoms with E-state index in [0.717, 1.165) is 25.3 Å². The minimum Gasteiger partial charge on any atom is -0.463 e. The van der Waals surface area contributed by atoms with Crippen LogP contribution in [0.4, 0.5) is 0 Å². The maximum absolute atomic E-state index is 12.3. The summed E-state index contributed by atoms with van der Waals surface area (Å²) in [6.45, 7) is 3.96. The van der Waals surface area contributed by atoms with Gasteiger partial charge in [-0.05, 0) is 64.0 Å². The highest BCUT2D eigenvalue weighted by atomic mass is 16.5. The number of fused-ring (bicyclic) bond motifs is 2. The molecule has 3 aliphatic rings. The van der Waals surface area contributed by atoms with Crippen LogP contribution in [0.3, 0.4) is 0 Å². The molecule has 0 unspecified atom stereocenters. The molecule has 0 aromatic rings. The Hall–Kier alpha value is -0.570. The number of likely N-dealkylation sites (tertiary alicyclic amines) is 1. The molecule has 3 nitrogen and oxygen atoms in total. The Morgan fingerprint density at radius 3 is 2.74 bits per heavy atom. The molecule has 2 aliphatic carbocycles. The Balaban J connectivity index is 1.55. The Kier molecular flexibility index (Phi) is 3.59. The van der Waals surface area contributed by atoms with Crippen molar-refractivity contribution in [2.45, 2.75) is 57.4 Å². The van der Waals surface area contributed by atoms with Gasteiger partial charge in [-0.25, -0.2) is 0 Å². The Morgan fingerprint density at radius 2 is 2.21 bits per heavy atom. The normalized spacial score (nSPS) is 41.9. The van der Waals surface area contributed by atoms with Crippen LogP contribution in [0, 0.1) is 17.8 Å². The molecule has 0 N–H and O–H groups in total. The number of esters is 1. The van der Waals surface area contributed by atoms with Crippen LogP contribution < -0.4 is 0 Å². The highest BCUT2D eigenvalue weighted by Gasteiger charge is 2.45. The van der Waals surface area contributed by atoms with Crippen LogP contribution in [0.5, 0.6) is 0 Å². The Labute approximate surface area is 116 Å². The van der Waals surface area contributed by atoms with Crippen molar-refractivity contribution in [3.8, 4) is 0 Å². The van der Waals surface area contributed by atoms with Crippen LogP contribution in [0.2, 0.25) is 0 Å². The maximum Gasteiger partial charge on any atom is 0.309 e. The van der Waals surface area contributed by atoms with E-state index in [1.165, 1.54) is 32.1 Å². The van der Waals surface area contributed by atoms with Crippen LogP contribution in [0.15, 0.2) is 0 Å². The minimum atomic E-state index is 0.0975. The zero-order chi connectivity index (χ0) is 13.5. The summed E-state index contributed by atoms with van der Waals surface area (Å²) in [6, 6.07) is 0. The van der Waals surface area contributed by atoms with E-state index < -0.39 is 0 Å². The Morgan fingerprint density at radius 1 is 1.37 bits per heavy atom. The molecule has 3 rings (SSSR count). The van der Waals surface area contributed by atoms with Crippen molar-refractivity contribution in [3.63, 3.8) is 0 Å². The number of rotatable bonds is 4. The largest absolute Gasteiger partial charge is 0.463 e. The monoisotopic (exact) mass is 265 g/mol. The number of likely N-dealkylation sites (N-methyl/N-ethyl adjacent to an activating group) is 1. The van der Waals surface area contributed by atoms with E-state index in [1.807, 2.05) is 0 Å². The lowest BCUT2D eigenvalue weighted by molar-refractivity contribution is -0.154. The lowest BCUT2D eigenvalue weighted by Crippen LogP contribution is -2.46. The third-order valence-electron chi connectivity index (χ3n) is 6.13. The van der Waals surface area contributed by atoms with E-state index in [2.05, 4.69) is 18.9 Å². The van der Waals surface area contributed by atoms with Crippen LogP contribution in [-0.4, -0.2) is 36.6 Å². The molecular weight excluding hydrogens is 238 g/mol. The summed E-state index contributed by atoms with van der Waals surface area (Å²) in [6.07, 6.45) is 8.45. The van der Waals surface area contributed by atoms with Gasteiger partial charge in [0, 0.05) is 0 Å². The highest BCUT2D eigenvalue weighted by Crippen LogP contribution is 2.48. The summed E-state index contributed by atoms with van der Waals surface area (Å²) < 4.78 is 5.75. The van der Waals surface area contributed by atoms with Gasteiger partial charge in [0.2, 0.25) is 0 Å². The summed E-state index contributed by atoms with van der Waals surface area (Å²) in [5, 5.41) is 0. The van der Waals surface area contributed by atoms with Crippen molar-refractivity contribution in [2.24, 2.45) is 17.8 Å². The predicted octanol–water partition coefficient (Wildman–Crippen LogP) is 2.84. The summed E-state index contributed by atoms with van der Waals surface area (Å²) in [7, 11) is 2.17. The molecule has 0 aromatic carbocycles. The van der Waals surface area contributed by atoms with E-state index in [4.69, 9.17) is 4.74 Å². The topological polar surface area (TPSA) is 29.5 Å². The van der Waals surface area contributed by atoms with Gasteiger partial charge in [-0.1, -0.05) is 13.3 Å². The molecule has 0 spiro atoms. The van der Waals surface area contributed by atoms with Crippen molar-refractivity contribution in [2.75, 3.05) is 20.2 Å². The number of ether oxygens (including phenoxy) is 1. The van der Waals surface area contributed by atoms with Crippen molar-refractivity contribution < 1.29 is 9.53 Å². The van der Waals surface area contributed by atoms with E-state index in [1.54, 1.807) is 0 Å². The first-order chi connectivity index (χ1) is 9.14. The van der Waals surface area contributed by atoms with Gasteiger partial charge in [0.25, 0.3) is 0 Å². The molecular formula is C16H27NO2. The second-order valence-corrected chi connectivity index (χ2v) is 6.99. The average molecular weight is 265 g/mol. The summed E-state index contributed by atoms with van der Waals surface area (Å²) in [5.41, 5.74) is 0.118. The van der Waals surface area contributed by atoms with Gasteiger partial charge in [-0.3, -0.25) is 9.69 Å². The quantitative estimate of drug-likeness (QED) is 0.732. The van der Waals surface area contributed by atoms with E-state index in [9.17, 15) is 4.79 Å². The van der Waals surface area contributed by atoms with Crippen LogP contribution in [0.1, 0.15) is 51.9 Å². The summed E-state index contributed by atoms with van der Waals surface area (Å²) >= 11 is 0. The number of nitrogens with zero attached hydrogens (tertiary/aromatic N) is 1. The lowest BCUT2D eigenvalue weighted by atomic mass is 9.89. The minimum absolute atomic E-state index is 0.0975. The molecule has 0 aromatic heterocycles. The summed E-state index contributed by atoms with van der Waals surface area (Å²) in [4.78, 5) is 14.7. The van der Waals surface area contributed by atoms with Gasteiger partial charge in [0.05, 0.1) is 11.5 Å². The fourth-order valence-corrected chi connectivity index (χ4v) is 4.65. The molecule has 4 atom stereocenters. The van der Waals surface area contributed by atoms with Crippen LogP contribution in [0.25, 0.3) is 0 Å². The number of carbonyl (C=O) groups is 1. The zero-order valence-electron chi connectivity index (χ0n) is 12.4. The van der Waals surface area contributed by atoms with Crippen LogP contribution in [-0.2, 0) is 9.53 Å². The van der Waals surface area contributed by atoms with Gasteiger partial charge in [0.15, 0.2) is 0 Å².